The molecule has 4 rings (SSSR count). The van der Waals surface area contributed by atoms with Crippen molar-refractivity contribution in [3.8, 4) is 0 Å². The highest BCUT2D eigenvalue weighted by Gasteiger charge is 2.30. The maximum Gasteiger partial charge on any atom is 0.194 e. The van der Waals surface area contributed by atoms with Crippen molar-refractivity contribution in [1.29, 1.82) is 0 Å². The van der Waals surface area contributed by atoms with Gasteiger partial charge in [0.15, 0.2) is 21.4 Å². The number of carbonyl (C=O) groups excluding carboxylic acids is 2. The van der Waals surface area contributed by atoms with Gasteiger partial charge in [-0.15, -0.1) is 0 Å². The highest BCUT2D eigenvalue weighted by atomic mass is 32.2. The summed E-state index contributed by atoms with van der Waals surface area (Å²) in [5.41, 5.74) is 1.51. The van der Waals surface area contributed by atoms with E-state index in [0.29, 0.717) is 32.0 Å². The molecule has 4 heteroatoms. The Hall–Kier alpha value is -2.69. The van der Waals surface area contributed by atoms with Gasteiger partial charge >= 0.3 is 0 Å². The van der Waals surface area contributed by atoms with Crippen LogP contribution >= 0.6 is 0 Å². The summed E-state index contributed by atoms with van der Waals surface area (Å²) in [6.45, 7) is 0. The molecule has 0 N–H and O–H groups in total. The van der Waals surface area contributed by atoms with Crippen molar-refractivity contribution in [3.05, 3.63) is 95.1 Å². The largest absolute Gasteiger partial charge is 0.606 e. The lowest BCUT2D eigenvalue weighted by molar-refractivity contribution is 0.0979. The van der Waals surface area contributed by atoms with Gasteiger partial charge in [0.1, 0.15) is 0 Å². The van der Waals surface area contributed by atoms with Crippen LogP contribution < -0.4 is 0 Å². The summed E-state index contributed by atoms with van der Waals surface area (Å²) in [5, 5.41) is 0. The molecule has 0 saturated carbocycles. The van der Waals surface area contributed by atoms with Crippen LogP contribution in [0.15, 0.2) is 82.6 Å². The Morgan fingerprint density at radius 3 is 1.79 bits per heavy atom. The van der Waals surface area contributed by atoms with E-state index in [1.54, 1.807) is 54.6 Å². The minimum absolute atomic E-state index is 0.169. The maximum absolute atomic E-state index is 12.7. The lowest BCUT2D eigenvalue weighted by Crippen LogP contribution is -2.21. The molecule has 0 heterocycles. The first-order valence-corrected chi connectivity index (χ1v) is 8.61. The third-order valence-corrected chi connectivity index (χ3v) is 5.45. The van der Waals surface area contributed by atoms with Crippen molar-refractivity contribution in [2.75, 3.05) is 0 Å². The monoisotopic (exact) mass is 332 g/mol. The van der Waals surface area contributed by atoms with E-state index in [1.807, 2.05) is 18.2 Å². The molecule has 3 aromatic carbocycles. The van der Waals surface area contributed by atoms with Gasteiger partial charge in [-0.1, -0.05) is 42.5 Å². The molecule has 116 valence electrons. The van der Waals surface area contributed by atoms with Gasteiger partial charge in [-0.05, 0) is 24.3 Å². The van der Waals surface area contributed by atoms with E-state index in [9.17, 15) is 14.1 Å². The van der Waals surface area contributed by atoms with Gasteiger partial charge in [-0.3, -0.25) is 9.59 Å². The van der Waals surface area contributed by atoms with Gasteiger partial charge in [0.25, 0.3) is 0 Å². The first-order valence-electron chi connectivity index (χ1n) is 7.46. The Labute approximate surface area is 142 Å². The van der Waals surface area contributed by atoms with E-state index in [1.165, 1.54) is 0 Å². The van der Waals surface area contributed by atoms with Gasteiger partial charge in [-0.25, -0.2) is 0 Å². The maximum atomic E-state index is 12.7. The molecular formula is C20H12O3S. The van der Waals surface area contributed by atoms with E-state index < -0.39 is 11.2 Å². The zero-order valence-electron chi connectivity index (χ0n) is 12.6. The van der Waals surface area contributed by atoms with Crippen molar-refractivity contribution in [3.63, 3.8) is 0 Å². The van der Waals surface area contributed by atoms with Gasteiger partial charge in [0.05, 0.1) is 0 Å². The average molecular weight is 332 g/mol. The molecular weight excluding hydrogens is 320 g/mol. The van der Waals surface area contributed by atoms with Crippen LogP contribution in [0.3, 0.4) is 0 Å². The summed E-state index contributed by atoms with van der Waals surface area (Å²) in [6, 6.07) is 20.7. The van der Waals surface area contributed by atoms with Crippen LogP contribution in [0.1, 0.15) is 31.8 Å². The molecule has 1 aliphatic rings. The number of fused-ring (bicyclic) bond motifs is 2. The fraction of sp³-hybridized carbons (Fsp3) is 0. The highest BCUT2D eigenvalue weighted by Crippen LogP contribution is 2.30. The summed E-state index contributed by atoms with van der Waals surface area (Å²) in [5.74, 6) is -0.371. The normalized spacial score (nSPS) is 14.0. The molecule has 0 amide bonds. The summed E-state index contributed by atoms with van der Waals surface area (Å²) in [7, 11) is 0. The number of benzene rings is 3. The average Bonchev–Trinajstić information content (AvgIpc) is 2.66. The van der Waals surface area contributed by atoms with Crippen molar-refractivity contribution >= 4 is 22.7 Å². The predicted molar refractivity (Wildman–Crippen MR) is 90.9 cm³/mol. The molecule has 24 heavy (non-hydrogen) atoms. The topological polar surface area (TPSA) is 57.2 Å². The molecule has 0 fully saturated rings. The number of ketones is 2. The summed E-state index contributed by atoms with van der Waals surface area (Å²) >= 11 is -1.39. The smallest absolute Gasteiger partial charge is 0.194 e. The van der Waals surface area contributed by atoms with Gasteiger partial charge < -0.3 is 4.55 Å². The molecule has 0 saturated heterocycles. The van der Waals surface area contributed by atoms with Crippen LogP contribution in [0, 0.1) is 0 Å². The lowest BCUT2D eigenvalue weighted by Gasteiger charge is -2.18. The molecule has 1 atom stereocenters. The Bertz CT molecular complexity index is 964. The van der Waals surface area contributed by atoms with E-state index >= 15 is 0 Å². The minimum Gasteiger partial charge on any atom is -0.606 e. The Morgan fingerprint density at radius 1 is 0.583 bits per heavy atom. The second kappa shape index (κ2) is 5.74. The number of carbonyl (C=O) groups is 2. The predicted octanol–water partition coefficient (Wildman–Crippen LogP) is 3.63. The van der Waals surface area contributed by atoms with Crippen LogP contribution in [-0.4, -0.2) is 16.1 Å². The van der Waals surface area contributed by atoms with Gasteiger partial charge in [0.2, 0.25) is 0 Å². The van der Waals surface area contributed by atoms with Crippen LogP contribution in [0.5, 0.6) is 0 Å². The van der Waals surface area contributed by atoms with Crippen molar-refractivity contribution in [1.82, 2.24) is 0 Å². The van der Waals surface area contributed by atoms with Crippen molar-refractivity contribution in [2.45, 2.75) is 9.79 Å². The fourth-order valence-corrected chi connectivity index (χ4v) is 3.97. The molecule has 3 aromatic rings. The van der Waals surface area contributed by atoms with Gasteiger partial charge in [-0.2, -0.15) is 0 Å². The minimum atomic E-state index is -1.39. The molecule has 0 spiro atoms. The Morgan fingerprint density at radius 2 is 1.12 bits per heavy atom. The molecule has 0 radical (unpaired) electrons. The van der Waals surface area contributed by atoms with E-state index in [-0.39, 0.29) is 11.6 Å². The molecule has 1 unspecified atom stereocenters. The van der Waals surface area contributed by atoms with Gasteiger partial charge in [0, 0.05) is 39.5 Å². The molecule has 0 aliphatic heterocycles. The third-order valence-electron chi connectivity index (χ3n) is 4.07. The number of hydrogen-bond acceptors (Lipinski definition) is 3. The van der Waals surface area contributed by atoms with Crippen LogP contribution in [0.4, 0.5) is 0 Å². The van der Waals surface area contributed by atoms with Crippen LogP contribution in [0.25, 0.3) is 0 Å². The standard InChI is InChI=1S/C20H12O3S/c21-19-15-8-4-5-9-16(15)20(22)18-12-14(10-11-17(18)19)24(23)13-6-2-1-3-7-13/h1-12H. The Balaban J connectivity index is 1.81. The third kappa shape index (κ3) is 2.28. The van der Waals surface area contributed by atoms with E-state index in [0.717, 1.165) is 0 Å². The molecule has 0 bridgehead atoms. The van der Waals surface area contributed by atoms with Crippen LogP contribution in [0.2, 0.25) is 0 Å². The van der Waals surface area contributed by atoms with E-state index in [2.05, 4.69) is 0 Å². The zero-order valence-corrected chi connectivity index (χ0v) is 13.4. The molecule has 0 aromatic heterocycles. The summed E-state index contributed by atoms with van der Waals surface area (Å²) < 4.78 is 12.7. The number of rotatable bonds is 2. The van der Waals surface area contributed by atoms with Crippen molar-refractivity contribution < 1.29 is 14.1 Å². The first-order chi connectivity index (χ1) is 11.7. The Kier molecular flexibility index (Phi) is 3.56. The highest BCUT2D eigenvalue weighted by molar-refractivity contribution is 7.91. The van der Waals surface area contributed by atoms with E-state index in [4.69, 9.17) is 0 Å². The second-order valence-electron chi connectivity index (χ2n) is 5.49. The quantitative estimate of drug-likeness (QED) is 0.527. The molecule has 1 aliphatic carbocycles. The van der Waals surface area contributed by atoms with Crippen LogP contribution in [-0.2, 0) is 11.2 Å². The zero-order chi connectivity index (χ0) is 16.7. The second-order valence-corrected chi connectivity index (χ2v) is 6.97. The summed E-state index contributed by atoms with van der Waals surface area (Å²) in [4.78, 5) is 26.5. The molecule has 3 nitrogen and oxygen atoms in total. The SMILES string of the molecule is O=C1c2ccccc2C(=O)c2cc([S+]([O-])c3ccccc3)ccc21. The number of hydrogen-bond donors (Lipinski definition) is 0. The fourth-order valence-electron chi connectivity index (χ4n) is 2.87. The summed E-state index contributed by atoms with van der Waals surface area (Å²) in [6.07, 6.45) is 0. The van der Waals surface area contributed by atoms with Crippen molar-refractivity contribution in [2.24, 2.45) is 0 Å². The first kappa shape index (κ1) is 14.9. The lowest BCUT2D eigenvalue weighted by atomic mass is 9.84.